The molecule has 2 N–H and O–H groups in total. The standard InChI is InChI=1S/C16H23NO5S/c1-10-5-6-13(9-14(10)15(18)19)23(20,21)17-11-7-12(8-11)22-16(2,3)4/h5-6,9,11-12,17H,7-8H2,1-4H3,(H,18,19). The average Bonchev–Trinajstić information content (AvgIpc) is 2.34. The molecule has 23 heavy (non-hydrogen) atoms. The lowest BCUT2D eigenvalue weighted by atomic mass is 9.89. The molecule has 1 fully saturated rings. The lowest BCUT2D eigenvalue weighted by Gasteiger charge is -2.39. The number of hydrogen-bond acceptors (Lipinski definition) is 4. The first-order chi connectivity index (χ1) is 10.5. The van der Waals surface area contributed by atoms with Crippen LogP contribution >= 0.6 is 0 Å². The van der Waals surface area contributed by atoms with E-state index < -0.39 is 16.0 Å². The number of aryl methyl sites for hydroxylation is 1. The summed E-state index contributed by atoms with van der Waals surface area (Å²) in [4.78, 5) is 11.1. The normalized spacial score (nSPS) is 21.7. The summed E-state index contributed by atoms with van der Waals surface area (Å²) in [5, 5.41) is 9.11. The van der Waals surface area contributed by atoms with Crippen molar-refractivity contribution >= 4 is 16.0 Å². The van der Waals surface area contributed by atoms with Crippen LogP contribution in [0.15, 0.2) is 23.1 Å². The maximum Gasteiger partial charge on any atom is 0.335 e. The maximum atomic E-state index is 12.4. The average molecular weight is 341 g/mol. The number of sulfonamides is 1. The SMILES string of the molecule is Cc1ccc(S(=O)(=O)NC2CC(OC(C)(C)C)C2)cc1C(=O)O. The van der Waals surface area contributed by atoms with Gasteiger partial charge in [0.25, 0.3) is 0 Å². The predicted octanol–water partition coefficient (Wildman–Crippen LogP) is 2.32. The first kappa shape index (κ1) is 17.9. The Bertz CT molecular complexity index is 700. The molecule has 1 aromatic carbocycles. The Balaban J connectivity index is 2.04. The van der Waals surface area contributed by atoms with E-state index in [-0.39, 0.29) is 28.2 Å². The third kappa shape index (κ3) is 4.53. The van der Waals surface area contributed by atoms with Gasteiger partial charge in [0.1, 0.15) is 0 Å². The molecule has 0 aromatic heterocycles. The Morgan fingerprint density at radius 2 is 1.91 bits per heavy atom. The monoisotopic (exact) mass is 341 g/mol. The van der Waals surface area contributed by atoms with Crippen LogP contribution in [0.1, 0.15) is 49.5 Å². The van der Waals surface area contributed by atoms with E-state index in [1.54, 1.807) is 6.92 Å². The summed E-state index contributed by atoms with van der Waals surface area (Å²) in [5.41, 5.74) is 0.274. The van der Waals surface area contributed by atoms with E-state index >= 15 is 0 Å². The van der Waals surface area contributed by atoms with E-state index in [0.717, 1.165) is 0 Å². The maximum absolute atomic E-state index is 12.4. The van der Waals surface area contributed by atoms with Gasteiger partial charge >= 0.3 is 5.97 Å². The zero-order valence-electron chi connectivity index (χ0n) is 13.8. The number of carboxylic acids is 1. The summed E-state index contributed by atoms with van der Waals surface area (Å²) >= 11 is 0. The molecule has 7 heteroatoms. The van der Waals surface area contributed by atoms with Crippen molar-refractivity contribution in [2.24, 2.45) is 0 Å². The van der Waals surface area contributed by atoms with Gasteiger partial charge in [-0.1, -0.05) is 6.07 Å². The number of carboxylic acid groups (broad SMARTS) is 1. The van der Waals surface area contributed by atoms with Crippen LogP contribution in [0.3, 0.4) is 0 Å². The van der Waals surface area contributed by atoms with Gasteiger partial charge < -0.3 is 9.84 Å². The highest BCUT2D eigenvalue weighted by Gasteiger charge is 2.35. The third-order valence-electron chi connectivity index (χ3n) is 3.69. The highest BCUT2D eigenvalue weighted by molar-refractivity contribution is 7.89. The lowest BCUT2D eigenvalue weighted by Crippen LogP contribution is -2.49. The Kier molecular flexibility index (Phi) is 4.84. The fraction of sp³-hybridized carbons (Fsp3) is 0.562. The Morgan fingerprint density at radius 1 is 1.30 bits per heavy atom. The molecule has 0 bridgehead atoms. The second-order valence-corrected chi connectivity index (χ2v) is 8.64. The van der Waals surface area contributed by atoms with Crippen LogP contribution in [0, 0.1) is 6.92 Å². The molecule has 6 nitrogen and oxygen atoms in total. The summed E-state index contributed by atoms with van der Waals surface area (Å²) in [6.45, 7) is 7.52. The smallest absolute Gasteiger partial charge is 0.335 e. The lowest BCUT2D eigenvalue weighted by molar-refractivity contribution is -0.0995. The molecule has 0 radical (unpaired) electrons. The van der Waals surface area contributed by atoms with Crippen molar-refractivity contribution < 1.29 is 23.1 Å². The molecule has 1 aromatic rings. The zero-order valence-corrected chi connectivity index (χ0v) is 14.6. The van der Waals surface area contributed by atoms with Gasteiger partial charge in [-0.25, -0.2) is 17.9 Å². The molecule has 0 atom stereocenters. The number of nitrogens with one attached hydrogen (secondary N) is 1. The van der Waals surface area contributed by atoms with Crippen LogP contribution in [0.25, 0.3) is 0 Å². The molecule has 0 spiro atoms. The minimum Gasteiger partial charge on any atom is -0.478 e. The van der Waals surface area contributed by atoms with Crippen molar-refractivity contribution in [2.75, 3.05) is 0 Å². The predicted molar refractivity (Wildman–Crippen MR) is 86.1 cm³/mol. The van der Waals surface area contributed by atoms with Crippen molar-refractivity contribution in [1.29, 1.82) is 0 Å². The molecule has 0 heterocycles. The van der Waals surface area contributed by atoms with Crippen molar-refractivity contribution in [2.45, 2.75) is 63.2 Å². The number of aromatic carboxylic acids is 1. The quantitative estimate of drug-likeness (QED) is 0.857. The number of benzene rings is 1. The highest BCUT2D eigenvalue weighted by Crippen LogP contribution is 2.29. The van der Waals surface area contributed by atoms with Crippen molar-refractivity contribution in [3.05, 3.63) is 29.3 Å². The van der Waals surface area contributed by atoms with Crippen LogP contribution in [0.4, 0.5) is 0 Å². The van der Waals surface area contributed by atoms with Gasteiger partial charge in [0.2, 0.25) is 10.0 Å². The second-order valence-electron chi connectivity index (χ2n) is 6.92. The Labute approximate surface area is 136 Å². The van der Waals surface area contributed by atoms with Gasteiger partial charge in [-0.2, -0.15) is 0 Å². The zero-order chi connectivity index (χ0) is 17.4. The molecular weight excluding hydrogens is 318 g/mol. The molecule has 0 aliphatic heterocycles. The molecule has 1 saturated carbocycles. The topological polar surface area (TPSA) is 92.7 Å². The summed E-state index contributed by atoms with van der Waals surface area (Å²) in [6, 6.07) is 3.94. The van der Waals surface area contributed by atoms with Gasteiger partial charge in [0, 0.05) is 6.04 Å². The van der Waals surface area contributed by atoms with Gasteiger partial charge in [0.15, 0.2) is 0 Å². The van der Waals surface area contributed by atoms with Gasteiger partial charge in [-0.05, 0) is 58.2 Å². The van der Waals surface area contributed by atoms with Crippen molar-refractivity contribution in [3.63, 3.8) is 0 Å². The van der Waals surface area contributed by atoms with E-state index in [0.29, 0.717) is 18.4 Å². The molecule has 0 saturated heterocycles. The van der Waals surface area contributed by atoms with Crippen LogP contribution in [-0.2, 0) is 14.8 Å². The van der Waals surface area contributed by atoms with E-state index in [1.165, 1.54) is 18.2 Å². The van der Waals surface area contributed by atoms with Crippen LogP contribution in [0.2, 0.25) is 0 Å². The van der Waals surface area contributed by atoms with Crippen molar-refractivity contribution in [1.82, 2.24) is 4.72 Å². The Morgan fingerprint density at radius 3 is 2.43 bits per heavy atom. The number of ether oxygens (including phenoxy) is 1. The minimum atomic E-state index is -3.73. The van der Waals surface area contributed by atoms with Gasteiger partial charge in [-0.15, -0.1) is 0 Å². The molecular formula is C16H23NO5S. The van der Waals surface area contributed by atoms with Crippen LogP contribution < -0.4 is 4.72 Å². The molecule has 1 aliphatic carbocycles. The first-order valence-corrected chi connectivity index (χ1v) is 9.00. The van der Waals surface area contributed by atoms with Crippen LogP contribution in [-0.4, -0.2) is 37.2 Å². The van der Waals surface area contributed by atoms with E-state index in [9.17, 15) is 13.2 Å². The number of hydrogen-bond donors (Lipinski definition) is 2. The fourth-order valence-electron chi connectivity index (χ4n) is 2.54. The summed E-state index contributed by atoms with van der Waals surface area (Å²) in [6.07, 6.45) is 1.29. The fourth-order valence-corrected chi connectivity index (χ4v) is 3.83. The molecule has 2 rings (SSSR count). The minimum absolute atomic E-state index is 0.00423. The first-order valence-electron chi connectivity index (χ1n) is 7.52. The van der Waals surface area contributed by atoms with E-state index in [1.807, 2.05) is 20.8 Å². The summed E-state index contributed by atoms with van der Waals surface area (Å²) in [7, 11) is -3.73. The van der Waals surface area contributed by atoms with E-state index in [4.69, 9.17) is 9.84 Å². The van der Waals surface area contributed by atoms with E-state index in [2.05, 4.69) is 4.72 Å². The number of rotatable bonds is 5. The van der Waals surface area contributed by atoms with Crippen molar-refractivity contribution in [3.8, 4) is 0 Å². The van der Waals surface area contributed by atoms with Gasteiger partial charge in [-0.3, -0.25) is 0 Å². The highest BCUT2D eigenvalue weighted by atomic mass is 32.2. The third-order valence-corrected chi connectivity index (χ3v) is 5.20. The molecule has 0 unspecified atom stereocenters. The molecule has 0 amide bonds. The summed E-state index contributed by atoms with van der Waals surface area (Å²) in [5.74, 6) is -1.14. The Hall–Kier alpha value is -1.44. The number of carbonyl (C=O) groups is 1. The molecule has 1 aliphatic rings. The van der Waals surface area contributed by atoms with Gasteiger partial charge in [0.05, 0.1) is 22.2 Å². The van der Waals surface area contributed by atoms with Crippen LogP contribution in [0.5, 0.6) is 0 Å². The summed E-state index contributed by atoms with van der Waals surface area (Å²) < 4.78 is 33.1. The largest absolute Gasteiger partial charge is 0.478 e. The molecule has 128 valence electrons. The second kappa shape index (κ2) is 6.22.